The molecule has 2 aliphatic rings. The quantitative estimate of drug-likeness (QED) is 0.693. The number of rotatable bonds is 5. The Morgan fingerprint density at radius 3 is 2.50 bits per heavy atom. The molecule has 1 saturated carbocycles. The van der Waals surface area contributed by atoms with E-state index in [1.165, 1.54) is 19.3 Å². The van der Waals surface area contributed by atoms with E-state index in [9.17, 15) is 0 Å². The molecule has 0 bridgehead atoms. The van der Waals surface area contributed by atoms with Crippen molar-refractivity contribution >= 4 is 29.3 Å². The van der Waals surface area contributed by atoms with Crippen LogP contribution in [0, 0.1) is 5.41 Å². The van der Waals surface area contributed by atoms with Gasteiger partial charge in [0.15, 0.2) is 5.54 Å². The van der Waals surface area contributed by atoms with Gasteiger partial charge in [0.1, 0.15) is 13.1 Å². The minimum absolute atomic E-state index is 0.0153. The van der Waals surface area contributed by atoms with Gasteiger partial charge in [-0.3, -0.25) is 0 Å². The normalized spacial score (nSPS) is 21.2. The maximum atomic E-state index is 6.43. The number of benzene rings is 1. The van der Waals surface area contributed by atoms with Crippen molar-refractivity contribution < 1.29 is 9.64 Å². The largest absolute Gasteiger partial charge is 0.370 e. The van der Waals surface area contributed by atoms with Crippen molar-refractivity contribution in [2.75, 3.05) is 26.3 Å². The van der Waals surface area contributed by atoms with Gasteiger partial charge in [0.05, 0.1) is 19.3 Å². The Morgan fingerprint density at radius 2 is 1.84 bits per heavy atom. The van der Waals surface area contributed by atoms with Gasteiger partial charge in [-0.2, -0.15) is 0 Å². The molecule has 32 heavy (non-hydrogen) atoms. The van der Waals surface area contributed by atoms with Crippen LogP contribution in [0.1, 0.15) is 70.3 Å². The molecule has 6 nitrogen and oxygen atoms in total. The summed E-state index contributed by atoms with van der Waals surface area (Å²) in [6, 6.07) is 5.57. The van der Waals surface area contributed by atoms with Crippen LogP contribution in [0.4, 0.5) is 0 Å². The average Bonchev–Trinajstić information content (AvgIpc) is 3.25. The third-order valence-corrected chi connectivity index (χ3v) is 7.53. The number of nitrogens with one attached hydrogen (secondary N) is 1. The van der Waals surface area contributed by atoms with Crippen LogP contribution in [0.5, 0.6) is 0 Å². The Labute approximate surface area is 200 Å². The number of ether oxygens (including phenoxy) is 1. The Balaban J connectivity index is 1.74. The van der Waals surface area contributed by atoms with Gasteiger partial charge in [0, 0.05) is 22.9 Å². The number of hydrogen-bond acceptors (Lipinski definition) is 4. The van der Waals surface area contributed by atoms with E-state index in [1.54, 1.807) is 11.0 Å². The SMILES string of the molecule is CC(C)(C)[C@H](/C=C\c1ccc(Cl)cc1Cl)n1nnnc1C1([NH+]2CCOCC2)CCCCC1. The van der Waals surface area contributed by atoms with Gasteiger partial charge in [-0.15, -0.1) is 5.10 Å². The first-order chi connectivity index (χ1) is 15.3. The standard InChI is InChI=1S/C24H33Cl2N5O/c1-23(2,3)21(10-8-18-7-9-19(25)17-20(18)26)31-22(27-28-29-31)24(11-5-4-6-12-24)30-13-15-32-16-14-30/h7-10,17,21H,4-6,11-16H2,1-3H3/p+1/b10-8-/t21-/m0/s1. The molecule has 1 aliphatic heterocycles. The molecule has 1 N–H and O–H groups in total. The van der Waals surface area contributed by atoms with Gasteiger partial charge in [-0.05, 0) is 46.4 Å². The van der Waals surface area contributed by atoms with E-state index in [4.69, 9.17) is 27.9 Å². The summed E-state index contributed by atoms with van der Waals surface area (Å²) in [5.74, 6) is 1.01. The third-order valence-electron chi connectivity index (χ3n) is 6.97. The van der Waals surface area contributed by atoms with E-state index in [1.807, 2.05) is 12.1 Å². The van der Waals surface area contributed by atoms with Crippen molar-refractivity contribution in [1.82, 2.24) is 20.2 Å². The fraction of sp³-hybridized carbons (Fsp3) is 0.625. The second-order valence-corrected chi connectivity index (χ2v) is 11.0. The van der Waals surface area contributed by atoms with Crippen LogP contribution in [-0.2, 0) is 10.3 Å². The Bertz CT molecular complexity index is 940. The molecule has 1 aromatic carbocycles. The molecule has 2 fully saturated rings. The summed E-state index contributed by atoms with van der Waals surface area (Å²) in [7, 11) is 0. The average molecular weight is 479 g/mol. The molecule has 4 rings (SSSR count). The maximum absolute atomic E-state index is 6.43. The smallest absolute Gasteiger partial charge is 0.213 e. The highest BCUT2D eigenvalue weighted by Gasteiger charge is 2.49. The molecule has 1 saturated heterocycles. The highest BCUT2D eigenvalue weighted by atomic mass is 35.5. The molecule has 1 aliphatic carbocycles. The van der Waals surface area contributed by atoms with Gasteiger partial charge in [-0.25, -0.2) is 4.68 Å². The Hall–Kier alpha value is -1.47. The first-order valence-electron chi connectivity index (χ1n) is 11.7. The van der Waals surface area contributed by atoms with E-state index >= 15 is 0 Å². The van der Waals surface area contributed by atoms with E-state index in [0.717, 1.165) is 50.5 Å². The van der Waals surface area contributed by atoms with E-state index in [2.05, 4.69) is 53.1 Å². The van der Waals surface area contributed by atoms with Crippen molar-refractivity contribution in [2.45, 2.75) is 64.5 Å². The molecule has 0 unspecified atom stereocenters. The number of nitrogens with zero attached hydrogens (tertiary/aromatic N) is 4. The summed E-state index contributed by atoms with van der Waals surface area (Å²) in [6.07, 6.45) is 10.2. The summed E-state index contributed by atoms with van der Waals surface area (Å²) in [5, 5.41) is 14.7. The van der Waals surface area contributed by atoms with Gasteiger partial charge >= 0.3 is 0 Å². The summed E-state index contributed by atoms with van der Waals surface area (Å²) in [4.78, 5) is 1.57. The zero-order valence-corrected chi connectivity index (χ0v) is 20.8. The van der Waals surface area contributed by atoms with E-state index in [0.29, 0.717) is 10.0 Å². The molecule has 0 spiro atoms. The molecule has 8 heteroatoms. The second-order valence-electron chi connectivity index (χ2n) is 10.1. The summed E-state index contributed by atoms with van der Waals surface area (Å²) < 4.78 is 7.76. The highest BCUT2D eigenvalue weighted by molar-refractivity contribution is 6.35. The molecule has 174 valence electrons. The lowest BCUT2D eigenvalue weighted by atomic mass is 9.78. The lowest BCUT2D eigenvalue weighted by molar-refractivity contribution is -0.970. The predicted octanol–water partition coefficient (Wildman–Crippen LogP) is 4.36. The van der Waals surface area contributed by atoms with Crippen molar-refractivity contribution in [3.8, 4) is 0 Å². The molecule has 1 aromatic heterocycles. The molecule has 2 heterocycles. The third kappa shape index (κ3) is 4.89. The Kier molecular flexibility index (Phi) is 7.25. The van der Waals surface area contributed by atoms with Crippen molar-refractivity contribution in [3.05, 3.63) is 45.7 Å². The number of quaternary nitrogens is 1. The van der Waals surface area contributed by atoms with E-state index in [-0.39, 0.29) is 17.0 Å². The maximum Gasteiger partial charge on any atom is 0.213 e. The molecule has 0 radical (unpaired) electrons. The zero-order valence-electron chi connectivity index (χ0n) is 19.3. The summed E-state index contributed by atoms with van der Waals surface area (Å²) >= 11 is 12.5. The number of hydrogen-bond donors (Lipinski definition) is 1. The summed E-state index contributed by atoms with van der Waals surface area (Å²) in [5.41, 5.74) is 0.794. The van der Waals surface area contributed by atoms with Gasteiger partial charge in [0.2, 0.25) is 5.82 Å². The molecule has 2 aromatic rings. The van der Waals surface area contributed by atoms with Crippen molar-refractivity contribution in [2.24, 2.45) is 5.41 Å². The fourth-order valence-electron chi connectivity index (χ4n) is 5.25. The van der Waals surface area contributed by atoms with Gasteiger partial charge in [0.25, 0.3) is 0 Å². The van der Waals surface area contributed by atoms with Crippen molar-refractivity contribution in [3.63, 3.8) is 0 Å². The number of allylic oxidation sites excluding steroid dienone is 1. The fourth-order valence-corrected chi connectivity index (χ4v) is 5.72. The van der Waals surface area contributed by atoms with Crippen molar-refractivity contribution in [1.29, 1.82) is 0 Å². The Morgan fingerprint density at radius 1 is 1.12 bits per heavy atom. The predicted molar refractivity (Wildman–Crippen MR) is 128 cm³/mol. The molecule has 1 atom stereocenters. The molecule has 0 amide bonds. The van der Waals surface area contributed by atoms with Crippen LogP contribution < -0.4 is 4.90 Å². The lowest BCUT2D eigenvalue weighted by Gasteiger charge is -2.44. The van der Waals surface area contributed by atoms with Gasteiger partial charge in [-0.1, -0.05) is 68.6 Å². The lowest BCUT2D eigenvalue weighted by Crippen LogP contribution is -3.20. The monoisotopic (exact) mass is 478 g/mol. The van der Waals surface area contributed by atoms with Crippen LogP contribution in [-0.4, -0.2) is 46.5 Å². The number of tetrazole rings is 1. The first kappa shape index (κ1) is 23.7. The topological polar surface area (TPSA) is 57.3 Å². The summed E-state index contributed by atoms with van der Waals surface area (Å²) in [6.45, 7) is 10.3. The number of morpholine rings is 1. The highest BCUT2D eigenvalue weighted by Crippen LogP contribution is 2.38. The van der Waals surface area contributed by atoms with E-state index < -0.39 is 0 Å². The molecular formula is C24H34Cl2N5O+. The number of aromatic nitrogens is 4. The second kappa shape index (κ2) is 9.80. The number of halogens is 2. The van der Waals surface area contributed by atoms with Crippen LogP contribution >= 0.6 is 23.2 Å². The van der Waals surface area contributed by atoms with Gasteiger partial charge < -0.3 is 9.64 Å². The van der Waals surface area contributed by atoms with Crippen LogP contribution in [0.15, 0.2) is 24.3 Å². The first-order valence-corrected chi connectivity index (χ1v) is 12.4. The van der Waals surface area contributed by atoms with Crippen LogP contribution in [0.25, 0.3) is 6.08 Å². The minimum Gasteiger partial charge on any atom is -0.370 e. The minimum atomic E-state index is -0.0876. The zero-order chi connectivity index (χ0) is 22.8. The molecular weight excluding hydrogens is 445 g/mol. The van der Waals surface area contributed by atoms with Crippen LogP contribution in [0.2, 0.25) is 10.0 Å². The van der Waals surface area contributed by atoms with Crippen LogP contribution in [0.3, 0.4) is 0 Å².